The molecule has 2 aromatic carbocycles. The van der Waals surface area contributed by atoms with Crippen molar-refractivity contribution in [2.75, 3.05) is 7.11 Å². The highest BCUT2D eigenvalue weighted by Crippen LogP contribution is 2.12. The summed E-state index contributed by atoms with van der Waals surface area (Å²) in [6.07, 6.45) is 1.36. The predicted octanol–water partition coefficient (Wildman–Crippen LogP) is 2.37. The summed E-state index contributed by atoms with van der Waals surface area (Å²) in [5.41, 5.74) is 1.66. The Morgan fingerprint density at radius 3 is 2.39 bits per heavy atom. The van der Waals surface area contributed by atoms with E-state index in [1.54, 1.807) is 12.1 Å². The first-order valence-electron chi connectivity index (χ1n) is 8.75. The molecular formula is C20H23NO6S. The van der Waals surface area contributed by atoms with E-state index in [1.807, 2.05) is 30.3 Å². The summed E-state index contributed by atoms with van der Waals surface area (Å²) < 4.78 is 31.7. The molecule has 0 aliphatic heterocycles. The summed E-state index contributed by atoms with van der Waals surface area (Å²) in [6.45, 7) is 0. The van der Waals surface area contributed by atoms with Gasteiger partial charge in [-0.15, -0.1) is 0 Å². The minimum absolute atomic E-state index is 0.172. The first kappa shape index (κ1) is 21.6. The van der Waals surface area contributed by atoms with Crippen LogP contribution in [0.2, 0.25) is 0 Å². The number of rotatable bonds is 10. The summed E-state index contributed by atoms with van der Waals surface area (Å²) in [4.78, 5) is 23.0. The van der Waals surface area contributed by atoms with Crippen LogP contribution in [-0.2, 0) is 31.7 Å². The molecule has 0 amide bonds. The number of ether oxygens (including phenoxy) is 1. The third-order valence-corrected chi connectivity index (χ3v) is 5.48. The van der Waals surface area contributed by atoms with Crippen molar-refractivity contribution in [1.29, 1.82) is 0 Å². The van der Waals surface area contributed by atoms with Crippen LogP contribution in [0.5, 0.6) is 0 Å². The van der Waals surface area contributed by atoms with Gasteiger partial charge in [-0.25, -0.2) is 17.9 Å². The van der Waals surface area contributed by atoms with Crippen molar-refractivity contribution in [3.8, 4) is 0 Å². The van der Waals surface area contributed by atoms with Crippen molar-refractivity contribution in [2.45, 2.75) is 31.1 Å². The van der Waals surface area contributed by atoms with Gasteiger partial charge < -0.3 is 9.84 Å². The fourth-order valence-electron chi connectivity index (χ4n) is 2.77. The molecule has 0 aliphatic carbocycles. The Kier molecular flexibility index (Phi) is 7.71. The molecule has 0 bridgehead atoms. The molecule has 8 heteroatoms. The third kappa shape index (κ3) is 6.79. The summed E-state index contributed by atoms with van der Waals surface area (Å²) >= 11 is 0. The molecule has 2 aromatic rings. The van der Waals surface area contributed by atoms with Crippen LogP contribution < -0.4 is 4.72 Å². The normalized spacial score (nSPS) is 12.3. The van der Waals surface area contributed by atoms with E-state index in [-0.39, 0.29) is 12.0 Å². The number of carboxylic acid groups (broad SMARTS) is 1. The number of aryl methyl sites for hydroxylation is 1. The van der Waals surface area contributed by atoms with Crippen molar-refractivity contribution in [3.63, 3.8) is 0 Å². The van der Waals surface area contributed by atoms with E-state index in [0.29, 0.717) is 18.4 Å². The molecule has 150 valence electrons. The van der Waals surface area contributed by atoms with Gasteiger partial charge in [-0.2, -0.15) is 0 Å². The van der Waals surface area contributed by atoms with Gasteiger partial charge in [0.05, 0.1) is 18.4 Å². The number of carboxylic acids is 1. The van der Waals surface area contributed by atoms with Crippen LogP contribution in [-0.4, -0.2) is 38.6 Å². The van der Waals surface area contributed by atoms with Gasteiger partial charge in [0.15, 0.2) is 0 Å². The van der Waals surface area contributed by atoms with Gasteiger partial charge in [-0.1, -0.05) is 42.5 Å². The third-order valence-electron chi connectivity index (χ3n) is 4.13. The van der Waals surface area contributed by atoms with Crippen LogP contribution >= 0.6 is 0 Å². The van der Waals surface area contributed by atoms with E-state index in [1.165, 1.54) is 19.2 Å². The lowest BCUT2D eigenvalue weighted by molar-refractivity contribution is -0.139. The van der Waals surface area contributed by atoms with E-state index >= 15 is 0 Å². The number of aliphatic carboxylic acids is 1. The van der Waals surface area contributed by atoms with Crippen molar-refractivity contribution >= 4 is 22.0 Å². The summed E-state index contributed by atoms with van der Waals surface area (Å²) in [5, 5.41) is 9.36. The number of esters is 1. The molecule has 0 fully saturated rings. The lowest BCUT2D eigenvalue weighted by Crippen LogP contribution is -2.41. The highest BCUT2D eigenvalue weighted by molar-refractivity contribution is 7.88. The zero-order valence-electron chi connectivity index (χ0n) is 15.5. The standard InChI is InChI=1S/C20H23NO6S/c1-27-20(24)17-11-5-10-16(13-17)14-28(25,26)21-18(19(22)23)12-6-9-15-7-3-2-4-8-15/h2-5,7-8,10-11,13,18,21H,6,9,12,14H2,1H3,(H,22,23)/t18-/m0/s1. The lowest BCUT2D eigenvalue weighted by atomic mass is 10.1. The fourth-order valence-corrected chi connectivity index (χ4v) is 4.13. The van der Waals surface area contributed by atoms with Gasteiger partial charge in [0.1, 0.15) is 6.04 Å². The van der Waals surface area contributed by atoms with Crippen LogP contribution in [0.1, 0.15) is 34.3 Å². The lowest BCUT2D eigenvalue weighted by Gasteiger charge is -2.15. The zero-order valence-corrected chi connectivity index (χ0v) is 16.3. The summed E-state index contributed by atoms with van der Waals surface area (Å²) in [5.74, 6) is -2.23. The minimum Gasteiger partial charge on any atom is -0.480 e. The second kappa shape index (κ2) is 10.0. The number of sulfonamides is 1. The number of methoxy groups -OCH3 is 1. The molecule has 0 aromatic heterocycles. The molecule has 0 radical (unpaired) electrons. The molecule has 7 nitrogen and oxygen atoms in total. The van der Waals surface area contributed by atoms with Crippen molar-refractivity contribution in [3.05, 3.63) is 71.3 Å². The van der Waals surface area contributed by atoms with E-state index in [0.717, 1.165) is 5.56 Å². The number of carbonyl (C=O) groups is 2. The van der Waals surface area contributed by atoms with E-state index < -0.39 is 33.8 Å². The second-order valence-corrected chi connectivity index (χ2v) is 8.09. The Balaban J connectivity index is 1.99. The Morgan fingerprint density at radius 2 is 1.75 bits per heavy atom. The zero-order chi connectivity index (χ0) is 20.6. The average molecular weight is 405 g/mol. The molecule has 28 heavy (non-hydrogen) atoms. The SMILES string of the molecule is COC(=O)c1cccc(CS(=O)(=O)N[C@@H](CCCc2ccccc2)C(=O)O)c1. The van der Waals surface area contributed by atoms with Gasteiger partial charge in [0, 0.05) is 0 Å². The number of hydrogen-bond acceptors (Lipinski definition) is 5. The topological polar surface area (TPSA) is 110 Å². The van der Waals surface area contributed by atoms with E-state index in [4.69, 9.17) is 0 Å². The molecular weight excluding hydrogens is 382 g/mol. The van der Waals surface area contributed by atoms with Gasteiger partial charge >= 0.3 is 11.9 Å². The van der Waals surface area contributed by atoms with Gasteiger partial charge in [-0.3, -0.25) is 4.79 Å². The van der Waals surface area contributed by atoms with Gasteiger partial charge in [-0.05, 0) is 42.5 Å². The molecule has 0 unspecified atom stereocenters. The van der Waals surface area contributed by atoms with Crippen LogP contribution in [0.4, 0.5) is 0 Å². The number of benzene rings is 2. The van der Waals surface area contributed by atoms with Crippen LogP contribution in [0.25, 0.3) is 0 Å². The van der Waals surface area contributed by atoms with Crippen LogP contribution in [0.3, 0.4) is 0 Å². The molecule has 0 spiro atoms. The number of carbonyl (C=O) groups excluding carboxylic acids is 1. The minimum atomic E-state index is -3.91. The summed E-state index contributed by atoms with van der Waals surface area (Å²) in [7, 11) is -2.67. The maximum absolute atomic E-state index is 12.4. The molecule has 0 heterocycles. The first-order valence-corrected chi connectivity index (χ1v) is 10.4. The Labute approximate surface area is 164 Å². The Bertz CT molecular complexity index is 911. The number of nitrogens with one attached hydrogen (secondary N) is 1. The average Bonchev–Trinajstić information content (AvgIpc) is 2.67. The predicted molar refractivity (Wildman–Crippen MR) is 104 cm³/mol. The highest BCUT2D eigenvalue weighted by atomic mass is 32.2. The monoisotopic (exact) mass is 405 g/mol. The largest absolute Gasteiger partial charge is 0.480 e. The maximum atomic E-state index is 12.4. The Morgan fingerprint density at radius 1 is 1.07 bits per heavy atom. The highest BCUT2D eigenvalue weighted by Gasteiger charge is 2.24. The molecule has 0 aliphatic rings. The second-order valence-electron chi connectivity index (χ2n) is 6.34. The van der Waals surface area contributed by atoms with Crippen molar-refractivity contribution < 1.29 is 27.9 Å². The summed E-state index contributed by atoms with van der Waals surface area (Å²) in [6, 6.07) is 14.4. The molecule has 0 saturated heterocycles. The van der Waals surface area contributed by atoms with Crippen molar-refractivity contribution in [1.82, 2.24) is 4.72 Å². The first-order chi connectivity index (χ1) is 13.3. The van der Waals surface area contributed by atoms with Gasteiger partial charge in [0.2, 0.25) is 10.0 Å². The Hall–Kier alpha value is -2.71. The van der Waals surface area contributed by atoms with Crippen LogP contribution in [0.15, 0.2) is 54.6 Å². The number of hydrogen-bond donors (Lipinski definition) is 2. The molecule has 2 N–H and O–H groups in total. The van der Waals surface area contributed by atoms with E-state index in [9.17, 15) is 23.1 Å². The molecule has 1 atom stereocenters. The van der Waals surface area contributed by atoms with E-state index in [2.05, 4.69) is 9.46 Å². The van der Waals surface area contributed by atoms with Crippen molar-refractivity contribution in [2.24, 2.45) is 0 Å². The van der Waals surface area contributed by atoms with Gasteiger partial charge in [0.25, 0.3) is 0 Å². The smallest absolute Gasteiger partial charge is 0.337 e. The fraction of sp³-hybridized carbons (Fsp3) is 0.300. The van der Waals surface area contributed by atoms with Crippen LogP contribution in [0, 0.1) is 0 Å². The maximum Gasteiger partial charge on any atom is 0.337 e. The molecule has 0 saturated carbocycles. The quantitative estimate of drug-likeness (QED) is 0.587. The molecule has 2 rings (SSSR count).